The summed E-state index contributed by atoms with van der Waals surface area (Å²) in [4.78, 5) is 0. The minimum absolute atomic E-state index is 1.28. The molecule has 0 radical (unpaired) electrons. The van der Waals surface area contributed by atoms with Crippen LogP contribution in [0.4, 0.5) is 13.2 Å². The van der Waals surface area contributed by atoms with Gasteiger partial charge in [0, 0.05) is 0 Å². The van der Waals surface area contributed by atoms with Gasteiger partial charge in [0.2, 0.25) is 5.63 Å². The molecule has 0 nitrogen and oxygen atoms in total. The van der Waals surface area contributed by atoms with Crippen molar-refractivity contribution in [3.8, 4) is 0 Å². The second-order valence-electron chi connectivity index (χ2n) is 1.78. The van der Waals surface area contributed by atoms with E-state index >= 15 is 0 Å². The van der Waals surface area contributed by atoms with Crippen LogP contribution in [-0.4, -0.2) is 24.6 Å². The van der Waals surface area contributed by atoms with Crippen molar-refractivity contribution in [2.24, 2.45) is 0 Å². The fraction of sp³-hybridized carbons (Fsp3) is 1.00. The molecular weight excluding hydrogens is 171 g/mol. The van der Waals surface area contributed by atoms with E-state index in [-0.39, 0.29) is 0 Å². The van der Waals surface area contributed by atoms with E-state index in [1.54, 1.807) is 0 Å². The molecule has 0 fully saturated rings. The molecule has 0 spiro atoms. The third-order valence-electron chi connectivity index (χ3n) is 0.859. The first-order valence-corrected chi connectivity index (χ1v) is 4.89. The Labute approximate surface area is 58.1 Å². The Balaban J connectivity index is 4.01. The maximum absolute atomic E-state index is 12.2. The molecular formula is C4H7ClF3P. The molecule has 0 aromatic heterocycles. The highest BCUT2D eigenvalue weighted by Gasteiger charge is 2.41. The van der Waals surface area contributed by atoms with Crippen molar-refractivity contribution in [3.05, 3.63) is 0 Å². The van der Waals surface area contributed by atoms with E-state index in [0.29, 0.717) is 0 Å². The highest BCUT2D eigenvalue weighted by Crippen LogP contribution is 2.49. The average molecular weight is 179 g/mol. The molecule has 0 heterocycles. The molecule has 0 rings (SSSR count). The smallest absolute Gasteiger partial charge is 0.223 e. The van der Waals surface area contributed by atoms with E-state index in [2.05, 4.69) is 11.6 Å². The zero-order chi connectivity index (χ0) is 7.65. The van der Waals surface area contributed by atoms with Crippen LogP contribution in [0, 0.1) is 0 Å². The number of halogens is 4. The number of hydrogen-bond donors (Lipinski definition) is 0. The van der Waals surface area contributed by atoms with Crippen LogP contribution in [0.3, 0.4) is 0 Å². The van der Waals surface area contributed by atoms with Crippen LogP contribution in [0.25, 0.3) is 0 Å². The summed E-state index contributed by atoms with van der Waals surface area (Å²) in [6, 6.07) is 0. The van der Waals surface area contributed by atoms with Crippen molar-refractivity contribution in [2.45, 2.75) is 11.3 Å². The Morgan fingerprint density at radius 2 is 1.78 bits per heavy atom. The molecule has 56 valence electrons. The van der Waals surface area contributed by atoms with Gasteiger partial charge in [0.15, 0.2) is 0 Å². The van der Waals surface area contributed by atoms with Gasteiger partial charge in [0.25, 0.3) is 0 Å². The molecule has 1 atom stereocenters. The Hall–Kier alpha value is 0.510. The molecule has 0 aromatic rings. The largest absolute Gasteiger partial charge is 0.308 e. The van der Waals surface area contributed by atoms with Crippen LogP contribution < -0.4 is 0 Å². The first kappa shape index (κ1) is 9.51. The van der Waals surface area contributed by atoms with Crippen LogP contribution >= 0.6 is 19.5 Å². The van der Waals surface area contributed by atoms with E-state index in [4.69, 9.17) is 0 Å². The second-order valence-corrected chi connectivity index (χ2v) is 4.55. The molecule has 9 heavy (non-hydrogen) atoms. The van der Waals surface area contributed by atoms with Crippen molar-refractivity contribution < 1.29 is 13.2 Å². The SMILES string of the molecule is CP(C)C(F)(F)C(F)Cl. The normalized spacial score (nSPS) is 16.3. The summed E-state index contributed by atoms with van der Waals surface area (Å²) in [6.45, 7) is 2.56. The lowest BCUT2D eigenvalue weighted by Gasteiger charge is -2.19. The predicted octanol–water partition coefficient (Wildman–Crippen LogP) is 2.86. The van der Waals surface area contributed by atoms with Gasteiger partial charge in [-0.2, -0.15) is 8.78 Å². The van der Waals surface area contributed by atoms with Gasteiger partial charge < -0.3 is 0 Å². The molecule has 0 aliphatic carbocycles. The molecule has 0 aliphatic heterocycles. The quantitative estimate of drug-likeness (QED) is 0.451. The maximum Gasteiger partial charge on any atom is 0.308 e. The molecule has 0 bridgehead atoms. The van der Waals surface area contributed by atoms with Crippen LogP contribution in [0.5, 0.6) is 0 Å². The van der Waals surface area contributed by atoms with Gasteiger partial charge in [-0.15, -0.1) is 0 Å². The second kappa shape index (κ2) is 3.07. The minimum Gasteiger partial charge on any atom is -0.223 e. The number of alkyl halides is 4. The summed E-state index contributed by atoms with van der Waals surface area (Å²) in [7, 11) is -1.62. The lowest BCUT2D eigenvalue weighted by Crippen LogP contribution is -2.22. The third-order valence-corrected chi connectivity index (χ3v) is 2.70. The lowest BCUT2D eigenvalue weighted by atomic mass is 10.8. The summed E-state index contributed by atoms with van der Waals surface area (Å²) in [5, 5.41) is 0. The van der Waals surface area contributed by atoms with Gasteiger partial charge in [-0.25, -0.2) is 4.39 Å². The highest BCUT2D eigenvalue weighted by atomic mass is 35.5. The van der Waals surface area contributed by atoms with Crippen LogP contribution in [0.1, 0.15) is 0 Å². The van der Waals surface area contributed by atoms with Gasteiger partial charge in [-0.1, -0.05) is 11.6 Å². The summed E-state index contributed by atoms with van der Waals surface area (Å²) < 4.78 is 36.1. The zero-order valence-corrected chi connectivity index (χ0v) is 6.69. The Morgan fingerprint density at radius 3 is 1.78 bits per heavy atom. The fourth-order valence-corrected chi connectivity index (χ4v) is 1.17. The first-order chi connectivity index (χ1) is 3.89. The zero-order valence-electron chi connectivity index (χ0n) is 5.04. The number of hydrogen-bond acceptors (Lipinski definition) is 0. The van der Waals surface area contributed by atoms with Crippen molar-refractivity contribution in [1.82, 2.24) is 0 Å². The molecule has 0 N–H and O–H groups in total. The Kier molecular flexibility index (Phi) is 3.24. The average Bonchev–Trinajstić information content (AvgIpc) is 1.65. The Morgan fingerprint density at radius 1 is 1.44 bits per heavy atom. The van der Waals surface area contributed by atoms with Crippen molar-refractivity contribution in [2.75, 3.05) is 13.3 Å². The van der Waals surface area contributed by atoms with Gasteiger partial charge in [-0.05, 0) is 21.3 Å². The maximum atomic E-state index is 12.2. The van der Waals surface area contributed by atoms with Gasteiger partial charge >= 0.3 is 5.66 Å². The van der Waals surface area contributed by atoms with Crippen LogP contribution in [-0.2, 0) is 0 Å². The molecule has 0 saturated heterocycles. The summed E-state index contributed by atoms with van der Waals surface area (Å²) >= 11 is 4.56. The van der Waals surface area contributed by atoms with E-state index in [9.17, 15) is 13.2 Å². The fourth-order valence-electron chi connectivity index (χ4n) is 0.195. The molecule has 0 amide bonds. The van der Waals surface area contributed by atoms with Crippen LogP contribution in [0.15, 0.2) is 0 Å². The monoisotopic (exact) mass is 178 g/mol. The Bertz CT molecular complexity index is 83.8. The summed E-state index contributed by atoms with van der Waals surface area (Å²) in [5.41, 5.74) is -5.88. The molecule has 5 heteroatoms. The minimum atomic E-state index is -3.34. The first-order valence-electron chi connectivity index (χ1n) is 2.22. The molecule has 1 unspecified atom stereocenters. The number of rotatable bonds is 2. The highest BCUT2D eigenvalue weighted by molar-refractivity contribution is 7.57. The van der Waals surface area contributed by atoms with Crippen LogP contribution in [0.2, 0.25) is 0 Å². The third kappa shape index (κ3) is 2.30. The molecule has 0 aromatic carbocycles. The lowest BCUT2D eigenvalue weighted by molar-refractivity contribution is 0.0476. The van der Waals surface area contributed by atoms with Gasteiger partial charge in [0.05, 0.1) is 0 Å². The summed E-state index contributed by atoms with van der Waals surface area (Å²) in [6.07, 6.45) is 0. The van der Waals surface area contributed by atoms with Gasteiger partial charge in [0.1, 0.15) is 0 Å². The topological polar surface area (TPSA) is 0 Å². The van der Waals surface area contributed by atoms with Gasteiger partial charge in [-0.3, -0.25) is 0 Å². The van der Waals surface area contributed by atoms with E-state index in [0.717, 1.165) is 0 Å². The standard InChI is InChI=1S/C4H7ClF3P/c1-9(2)4(7,8)3(5)6/h3H,1-2H3. The van der Waals surface area contributed by atoms with Crippen molar-refractivity contribution >= 4 is 19.5 Å². The van der Waals surface area contributed by atoms with Crippen molar-refractivity contribution in [1.29, 1.82) is 0 Å². The molecule has 0 saturated carbocycles. The molecule has 0 aliphatic rings. The summed E-state index contributed by atoms with van der Waals surface area (Å²) in [5.74, 6) is 0. The van der Waals surface area contributed by atoms with E-state index < -0.39 is 19.2 Å². The predicted molar refractivity (Wildman–Crippen MR) is 34.5 cm³/mol. The van der Waals surface area contributed by atoms with E-state index in [1.165, 1.54) is 13.3 Å². The van der Waals surface area contributed by atoms with E-state index in [1.807, 2.05) is 0 Å². The van der Waals surface area contributed by atoms with Crippen molar-refractivity contribution in [3.63, 3.8) is 0 Å².